The quantitative estimate of drug-likeness (QED) is 0.834. The Labute approximate surface area is 140 Å². The Morgan fingerprint density at radius 1 is 1.33 bits per heavy atom. The summed E-state index contributed by atoms with van der Waals surface area (Å²) in [5.74, 6) is -0.136. The first-order valence-electron chi connectivity index (χ1n) is 6.11. The van der Waals surface area contributed by atoms with E-state index >= 15 is 0 Å². The average molecular weight is 349 g/mol. The maximum Gasteiger partial charge on any atom is 0.270 e. The molecule has 0 spiro atoms. The number of hydrogen-bond acceptors (Lipinski definition) is 5. The molecule has 3 N–H and O–H groups in total. The van der Waals surface area contributed by atoms with Crippen LogP contribution in [0.5, 0.6) is 0 Å². The predicted octanol–water partition coefficient (Wildman–Crippen LogP) is 1.86. The van der Waals surface area contributed by atoms with Crippen LogP contribution < -0.4 is 11.1 Å². The Morgan fingerprint density at radius 3 is 2.81 bits per heavy atom. The number of aromatic nitrogens is 2. The van der Waals surface area contributed by atoms with Crippen LogP contribution in [0.1, 0.15) is 21.1 Å². The van der Waals surface area contributed by atoms with Crippen LogP contribution in [-0.2, 0) is 12.8 Å². The number of rotatable bonds is 6. The number of hydrogen-bond donors (Lipinski definition) is 2. The van der Waals surface area contributed by atoms with Gasteiger partial charge < -0.3 is 11.1 Å². The molecule has 0 aliphatic rings. The first-order chi connectivity index (χ1) is 9.29. The predicted molar refractivity (Wildman–Crippen MR) is 89.6 cm³/mol. The monoisotopic (exact) mass is 348 g/mol. The molecule has 1 amide bonds. The largest absolute Gasteiger partial charge is 0.350 e. The van der Waals surface area contributed by atoms with Crippen LogP contribution in [0.4, 0.5) is 0 Å². The average Bonchev–Trinajstić information content (AvgIpc) is 2.89. The van der Waals surface area contributed by atoms with Crippen molar-refractivity contribution in [2.45, 2.75) is 12.8 Å². The van der Waals surface area contributed by atoms with Crippen molar-refractivity contribution >= 4 is 42.1 Å². The summed E-state index contributed by atoms with van der Waals surface area (Å²) in [5.41, 5.74) is 7.02. The Balaban J connectivity index is 0.00000200. The molecule has 0 saturated heterocycles. The van der Waals surface area contributed by atoms with Crippen LogP contribution in [-0.4, -0.2) is 29.0 Å². The Bertz CT molecular complexity index is 536. The van der Waals surface area contributed by atoms with Gasteiger partial charge in [0.05, 0.1) is 5.01 Å². The highest BCUT2D eigenvalue weighted by Crippen LogP contribution is 2.09. The molecule has 0 aliphatic heterocycles. The molecule has 0 bridgehead atoms. The molecule has 2 rings (SSSR count). The third kappa shape index (κ3) is 6.39. The normalized spacial score (nSPS) is 9.38. The maximum absolute atomic E-state index is 11.8. The van der Waals surface area contributed by atoms with Crippen molar-refractivity contribution < 1.29 is 4.79 Å². The number of nitrogens with zero attached hydrogens (tertiary/aromatic N) is 2. The number of thiazole rings is 1. The second kappa shape index (κ2) is 10.5. The van der Waals surface area contributed by atoms with E-state index in [1.807, 2.05) is 12.1 Å². The van der Waals surface area contributed by atoms with E-state index in [0.29, 0.717) is 25.2 Å². The van der Waals surface area contributed by atoms with Crippen molar-refractivity contribution in [1.29, 1.82) is 0 Å². The molecule has 0 unspecified atom stereocenters. The molecule has 21 heavy (non-hydrogen) atoms. The minimum absolute atomic E-state index is 0. The number of amides is 1. The summed E-state index contributed by atoms with van der Waals surface area (Å²) in [5, 5.41) is 5.52. The SMILES string of the molecule is Cl.Cl.NCCc1nc(C(=O)NCCc2cccnc2)cs1. The highest BCUT2D eigenvalue weighted by Gasteiger charge is 2.09. The Morgan fingerprint density at radius 2 is 2.14 bits per heavy atom. The lowest BCUT2D eigenvalue weighted by molar-refractivity contribution is 0.0949. The summed E-state index contributed by atoms with van der Waals surface area (Å²) < 4.78 is 0. The van der Waals surface area contributed by atoms with E-state index in [1.54, 1.807) is 17.8 Å². The van der Waals surface area contributed by atoms with Crippen LogP contribution in [0.2, 0.25) is 0 Å². The molecular formula is C13H18Cl2N4OS. The van der Waals surface area contributed by atoms with Gasteiger partial charge in [-0.25, -0.2) is 4.98 Å². The summed E-state index contributed by atoms with van der Waals surface area (Å²) in [6.45, 7) is 1.13. The summed E-state index contributed by atoms with van der Waals surface area (Å²) in [4.78, 5) is 20.1. The van der Waals surface area contributed by atoms with Crippen LogP contribution >= 0.6 is 36.2 Å². The Kier molecular flexibility index (Phi) is 9.90. The van der Waals surface area contributed by atoms with Crippen molar-refractivity contribution in [3.05, 3.63) is 46.2 Å². The first kappa shape index (κ1) is 19.8. The molecule has 2 aromatic heterocycles. The number of pyridine rings is 1. The molecule has 0 fully saturated rings. The molecule has 2 heterocycles. The van der Waals surface area contributed by atoms with Crippen LogP contribution in [0.15, 0.2) is 29.9 Å². The van der Waals surface area contributed by atoms with Crippen molar-refractivity contribution in [3.63, 3.8) is 0 Å². The summed E-state index contributed by atoms with van der Waals surface area (Å²) in [6, 6.07) is 3.87. The zero-order valence-corrected chi connectivity index (χ0v) is 13.8. The van der Waals surface area contributed by atoms with Gasteiger partial charge in [-0.05, 0) is 24.6 Å². The molecular weight excluding hydrogens is 331 g/mol. The van der Waals surface area contributed by atoms with Gasteiger partial charge in [0.2, 0.25) is 0 Å². The first-order valence-corrected chi connectivity index (χ1v) is 6.99. The molecule has 0 aromatic carbocycles. The minimum atomic E-state index is -0.136. The fourth-order valence-corrected chi connectivity index (χ4v) is 2.40. The highest BCUT2D eigenvalue weighted by atomic mass is 35.5. The highest BCUT2D eigenvalue weighted by molar-refractivity contribution is 7.09. The third-order valence-electron chi connectivity index (χ3n) is 2.56. The zero-order chi connectivity index (χ0) is 13.5. The lowest BCUT2D eigenvalue weighted by Gasteiger charge is -2.02. The second-order valence-electron chi connectivity index (χ2n) is 4.03. The van der Waals surface area contributed by atoms with E-state index in [2.05, 4.69) is 15.3 Å². The number of nitrogens with one attached hydrogen (secondary N) is 1. The van der Waals surface area contributed by atoms with E-state index in [0.717, 1.165) is 17.0 Å². The molecule has 8 heteroatoms. The van der Waals surface area contributed by atoms with Gasteiger partial charge in [0.1, 0.15) is 5.69 Å². The van der Waals surface area contributed by atoms with Crippen molar-refractivity contribution in [2.75, 3.05) is 13.1 Å². The van der Waals surface area contributed by atoms with Gasteiger partial charge in [-0.1, -0.05) is 6.07 Å². The molecule has 0 saturated carbocycles. The third-order valence-corrected chi connectivity index (χ3v) is 3.47. The smallest absolute Gasteiger partial charge is 0.270 e. The van der Waals surface area contributed by atoms with E-state index in [1.165, 1.54) is 11.3 Å². The van der Waals surface area contributed by atoms with Crippen LogP contribution in [0.3, 0.4) is 0 Å². The van der Waals surface area contributed by atoms with E-state index in [9.17, 15) is 4.79 Å². The number of carbonyl (C=O) groups is 1. The molecule has 2 aromatic rings. The molecule has 0 atom stereocenters. The molecule has 0 radical (unpaired) electrons. The van der Waals surface area contributed by atoms with Crippen LogP contribution in [0.25, 0.3) is 0 Å². The van der Waals surface area contributed by atoms with E-state index < -0.39 is 0 Å². The van der Waals surface area contributed by atoms with Crippen molar-refractivity contribution in [3.8, 4) is 0 Å². The van der Waals surface area contributed by atoms with Gasteiger partial charge in [-0.2, -0.15) is 0 Å². The Hall–Kier alpha value is -1.21. The lowest BCUT2D eigenvalue weighted by Crippen LogP contribution is -2.26. The molecule has 116 valence electrons. The van der Waals surface area contributed by atoms with Gasteiger partial charge in [0, 0.05) is 30.7 Å². The fourth-order valence-electron chi connectivity index (χ4n) is 1.61. The van der Waals surface area contributed by atoms with E-state index in [4.69, 9.17) is 5.73 Å². The molecule has 5 nitrogen and oxygen atoms in total. The van der Waals surface area contributed by atoms with Gasteiger partial charge >= 0.3 is 0 Å². The van der Waals surface area contributed by atoms with Gasteiger partial charge in [0.15, 0.2) is 0 Å². The topological polar surface area (TPSA) is 80.9 Å². The minimum Gasteiger partial charge on any atom is -0.350 e. The summed E-state index contributed by atoms with van der Waals surface area (Å²) in [6.07, 6.45) is 5.01. The summed E-state index contributed by atoms with van der Waals surface area (Å²) in [7, 11) is 0. The van der Waals surface area contributed by atoms with Gasteiger partial charge in [-0.15, -0.1) is 36.2 Å². The zero-order valence-electron chi connectivity index (χ0n) is 11.3. The number of nitrogens with two attached hydrogens (primary N) is 1. The van der Waals surface area contributed by atoms with Gasteiger partial charge in [0.25, 0.3) is 5.91 Å². The lowest BCUT2D eigenvalue weighted by atomic mass is 10.2. The van der Waals surface area contributed by atoms with Crippen molar-refractivity contribution in [1.82, 2.24) is 15.3 Å². The van der Waals surface area contributed by atoms with Gasteiger partial charge in [-0.3, -0.25) is 9.78 Å². The van der Waals surface area contributed by atoms with Crippen LogP contribution in [0, 0.1) is 0 Å². The van der Waals surface area contributed by atoms with Crippen molar-refractivity contribution in [2.24, 2.45) is 5.73 Å². The second-order valence-corrected chi connectivity index (χ2v) is 4.97. The fraction of sp³-hybridized carbons (Fsp3) is 0.308. The van der Waals surface area contributed by atoms with E-state index in [-0.39, 0.29) is 30.7 Å². The molecule has 0 aliphatic carbocycles. The standard InChI is InChI=1S/C13H16N4OS.2ClH/c14-5-3-12-17-11(9-19-12)13(18)16-7-4-10-2-1-6-15-8-10;;/h1-2,6,8-9H,3-5,7,14H2,(H,16,18);2*1H. The number of halogens is 2. The summed E-state index contributed by atoms with van der Waals surface area (Å²) >= 11 is 1.47. The maximum atomic E-state index is 11.8. The number of carbonyl (C=O) groups excluding carboxylic acids is 1.